The zero-order valence-electron chi connectivity index (χ0n) is 10.1. The Bertz CT molecular complexity index is 353. The summed E-state index contributed by atoms with van der Waals surface area (Å²) in [6.45, 7) is 3.69. The number of hydrogen-bond acceptors (Lipinski definition) is 4. The van der Waals surface area contributed by atoms with E-state index in [0.717, 1.165) is 24.4 Å². The van der Waals surface area contributed by atoms with Gasteiger partial charge in [0.15, 0.2) is 0 Å². The van der Waals surface area contributed by atoms with Gasteiger partial charge in [-0.2, -0.15) is 0 Å². The van der Waals surface area contributed by atoms with Gasteiger partial charge in [0.2, 0.25) is 5.91 Å². The van der Waals surface area contributed by atoms with Crippen molar-refractivity contribution in [1.29, 1.82) is 0 Å². The molecule has 1 aliphatic rings. The van der Waals surface area contributed by atoms with E-state index in [1.165, 1.54) is 6.42 Å². The first-order valence-electron chi connectivity index (χ1n) is 6.19. The summed E-state index contributed by atoms with van der Waals surface area (Å²) in [4.78, 5) is 16.1. The molecule has 4 nitrogen and oxygen atoms in total. The molecule has 0 spiro atoms. The van der Waals surface area contributed by atoms with Crippen molar-refractivity contribution >= 4 is 17.2 Å². The first-order valence-corrected chi connectivity index (χ1v) is 7.07. The van der Waals surface area contributed by atoms with E-state index < -0.39 is 0 Å². The molecule has 1 saturated heterocycles. The summed E-state index contributed by atoms with van der Waals surface area (Å²) < 4.78 is 0. The Labute approximate surface area is 106 Å². The van der Waals surface area contributed by atoms with Gasteiger partial charge in [0.05, 0.1) is 12.6 Å². The molecule has 2 heterocycles. The third kappa shape index (κ3) is 3.51. The van der Waals surface area contributed by atoms with Crippen LogP contribution < -0.4 is 10.6 Å². The highest BCUT2D eigenvalue weighted by atomic mass is 32.1. The molecule has 0 radical (unpaired) electrons. The van der Waals surface area contributed by atoms with Crippen LogP contribution in [0.15, 0.2) is 11.6 Å². The Morgan fingerprint density at radius 1 is 1.71 bits per heavy atom. The molecule has 2 N–H and O–H groups in total. The number of nitrogens with one attached hydrogen (secondary N) is 2. The predicted molar refractivity (Wildman–Crippen MR) is 68.8 cm³/mol. The van der Waals surface area contributed by atoms with Crippen molar-refractivity contribution in [2.75, 3.05) is 6.54 Å². The van der Waals surface area contributed by atoms with Gasteiger partial charge in [-0.15, -0.1) is 11.3 Å². The van der Waals surface area contributed by atoms with Crippen molar-refractivity contribution in [2.45, 2.75) is 38.8 Å². The maximum atomic E-state index is 12.0. The van der Waals surface area contributed by atoms with Crippen LogP contribution in [0, 0.1) is 5.92 Å². The minimum absolute atomic E-state index is 0.0198. The molecule has 2 atom stereocenters. The number of hydrogen-bond donors (Lipinski definition) is 2. The molecule has 2 rings (SSSR count). The normalized spacial score (nSPS) is 24.5. The van der Waals surface area contributed by atoms with Crippen LogP contribution in [0.1, 0.15) is 31.2 Å². The number of amides is 1. The second-order valence-corrected chi connectivity index (χ2v) is 5.43. The summed E-state index contributed by atoms with van der Waals surface area (Å²) in [6.07, 6.45) is 5.07. The summed E-state index contributed by atoms with van der Waals surface area (Å²) >= 11 is 1.57. The quantitative estimate of drug-likeness (QED) is 0.856. The average Bonchev–Trinajstić information content (AvgIpc) is 2.89. The number of aromatic nitrogens is 1. The largest absolute Gasteiger partial charge is 0.348 e. The molecule has 1 fully saturated rings. The van der Waals surface area contributed by atoms with E-state index in [-0.39, 0.29) is 11.9 Å². The van der Waals surface area contributed by atoms with E-state index in [9.17, 15) is 4.79 Å². The number of thiazole rings is 1. The summed E-state index contributed by atoms with van der Waals surface area (Å²) in [5, 5.41) is 9.11. The molecule has 0 aliphatic carbocycles. The highest BCUT2D eigenvalue weighted by Crippen LogP contribution is 2.19. The first-order chi connectivity index (χ1) is 8.29. The monoisotopic (exact) mass is 253 g/mol. The van der Waals surface area contributed by atoms with Gasteiger partial charge in [-0.25, -0.2) is 4.98 Å². The van der Waals surface area contributed by atoms with E-state index in [1.807, 2.05) is 5.38 Å². The fraction of sp³-hybridized carbons (Fsp3) is 0.667. The SMILES string of the molecule is CCC1CCNC(C(=O)NCc2nccs2)C1. The van der Waals surface area contributed by atoms with E-state index in [4.69, 9.17) is 0 Å². The highest BCUT2D eigenvalue weighted by Gasteiger charge is 2.25. The third-order valence-corrected chi connectivity index (χ3v) is 4.08. The van der Waals surface area contributed by atoms with Crippen molar-refractivity contribution in [3.8, 4) is 0 Å². The van der Waals surface area contributed by atoms with Gasteiger partial charge in [0.25, 0.3) is 0 Å². The molecule has 0 aromatic carbocycles. The average molecular weight is 253 g/mol. The molecular weight excluding hydrogens is 234 g/mol. The second kappa shape index (κ2) is 6.12. The first kappa shape index (κ1) is 12.5. The Hall–Kier alpha value is -0.940. The minimum atomic E-state index is -0.0198. The topological polar surface area (TPSA) is 54.0 Å². The summed E-state index contributed by atoms with van der Waals surface area (Å²) in [5.74, 6) is 0.796. The van der Waals surface area contributed by atoms with E-state index >= 15 is 0 Å². The number of piperidine rings is 1. The molecule has 0 saturated carbocycles. The van der Waals surface area contributed by atoms with Crippen LogP contribution in [-0.4, -0.2) is 23.5 Å². The van der Waals surface area contributed by atoms with Gasteiger partial charge < -0.3 is 10.6 Å². The third-order valence-electron chi connectivity index (χ3n) is 3.30. The van der Waals surface area contributed by atoms with Crippen LogP contribution in [-0.2, 0) is 11.3 Å². The number of carbonyl (C=O) groups is 1. The lowest BCUT2D eigenvalue weighted by Gasteiger charge is -2.28. The van der Waals surface area contributed by atoms with Crippen LogP contribution in [0.5, 0.6) is 0 Å². The fourth-order valence-electron chi connectivity index (χ4n) is 2.19. The Morgan fingerprint density at radius 3 is 3.29 bits per heavy atom. The standard InChI is InChI=1S/C12H19N3OS/c1-2-9-3-4-13-10(7-9)12(16)15-8-11-14-5-6-17-11/h5-6,9-10,13H,2-4,7-8H2,1H3,(H,15,16). The lowest BCUT2D eigenvalue weighted by atomic mass is 9.90. The fourth-order valence-corrected chi connectivity index (χ4v) is 2.75. The highest BCUT2D eigenvalue weighted by molar-refractivity contribution is 7.09. The maximum Gasteiger partial charge on any atom is 0.237 e. The molecule has 17 heavy (non-hydrogen) atoms. The Kier molecular flexibility index (Phi) is 4.50. The molecular formula is C12H19N3OS. The van der Waals surface area contributed by atoms with Crippen molar-refractivity contribution < 1.29 is 4.79 Å². The van der Waals surface area contributed by atoms with Gasteiger partial charge in [-0.05, 0) is 25.3 Å². The zero-order valence-corrected chi connectivity index (χ0v) is 10.9. The number of rotatable bonds is 4. The molecule has 1 amide bonds. The van der Waals surface area contributed by atoms with Crippen LogP contribution >= 0.6 is 11.3 Å². The Morgan fingerprint density at radius 2 is 2.59 bits per heavy atom. The summed E-state index contributed by atoms with van der Waals surface area (Å²) in [6, 6.07) is -0.0198. The van der Waals surface area contributed by atoms with Gasteiger partial charge in [-0.1, -0.05) is 13.3 Å². The van der Waals surface area contributed by atoms with Gasteiger partial charge in [0.1, 0.15) is 5.01 Å². The molecule has 2 unspecified atom stereocenters. The van der Waals surface area contributed by atoms with E-state index in [1.54, 1.807) is 17.5 Å². The summed E-state index contributed by atoms with van der Waals surface area (Å²) in [7, 11) is 0. The lowest BCUT2D eigenvalue weighted by molar-refractivity contribution is -0.124. The van der Waals surface area contributed by atoms with Gasteiger partial charge in [0, 0.05) is 11.6 Å². The lowest BCUT2D eigenvalue weighted by Crippen LogP contribution is -2.48. The van der Waals surface area contributed by atoms with Crippen molar-refractivity contribution in [3.63, 3.8) is 0 Å². The minimum Gasteiger partial charge on any atom is -0.348 e. The molecule has 1 aromatic heterocycles. The van der Waals surface area contributed by atoms with Crippen LogP contribution in [0.2, 0.25) is 0 Å². The molecule has 1 aliphatic heterocycles. The molecule has 94 valence electrons. The number of carbonyl (C=O) groups excluding carboxylic acids is 1. The maximum absolute atomic E-state index is 12.0. The second-order valence-electron chi connectivity index (χ2n) is 4.45. The van der Waals surface area contributed by atoms with Crippen LogP contribution in [0.4, 0.5) is 0 Å². The van der Waals surface area contributed by atoms with E-state index in [2.05, 4.69) is 22.5 Å². The van der Waals surface area contributed by atoms with Crippen LogP contribution in [0.3, 0.4) is 0 Å². The van der Waals surface area contributed by atoms with Gasteiger partial charge >= 0.3 is 0 Å². The van der Waals surface area contributed by atoms with Gasteiger partial charge in [-0.3, -0.25) is 4.79 Å². The van der Waals surface area contributed by atoms with E-state index in [0.29, 0.717) is 12.5 Å². The Balaban J connectivity index is 1.79. The smallest absolute Gasteiger partial charge is 0.237 e. The zero-order chi connectivity index (χ0) is 12.1. The van der Waals surface area contributed by atoms with Crippen molar-refractivity contribution in [2.24, 2.45) is 5.92 Å². The van der Waals surface area contributed by atoms with Crippen LogP contribution in [0.25, 0.3) is 0 Å². The molecule has 1 aromatic rings. The van der Waals surface area contributed by atoms with Crippen molar-refractivity contribution in [1.82, 2.24) is 15.6 Å². The number of nitrogens with zero attached hydrogens (tertiary/aromatic N) is 1. The summed E-state index contributed by atoms with van der Waals surface area (Å²) in [5.41, 5.74) is 0. The predicted octanol–water partition coefficient (Wildman–Crippen LogP) is 1.54. The molecule has 0 bridgehead atoms. The van der Waals surface area contributed by atoms with Crippen molar-refractivity contribution in [3.05, 3.63) is 16.6 Å². The molecule has 5 heteroatoms.